The Labute approximate surface area is 168 Å². The first kappa shape index (κ1) is 19.4. The number of nitrogens with zero attached hydrogens (tertiary/aromatic N) is 2. The Morgan fingerprint density at radius 2 is 1.75 bits per heavy atom. The minimum absolute atomic E-state index is 0.0869. The molecule has 2 amide bonds. The minimum Gasteiger partial charge on any atom is -0.352 e. The molecule has 152 valence electrons. The second-order valence-corrected chi connectivity index (χ2v) is 8.81. The van der Waals surface area contributed by atoms with Gasteiger partial charge in [-0.3, -0.25) is 14.5 Å². The molecule has 5 nitrogen and oxygen atoms in total. The molecule has 28 heavy (non-hydrogen) atoms. The van der Waals surface area contributed by atoms with Crippen LogP contribution in [0.2, 0.25) is 0 Å². The van der Waals surface area contributed by atoms with E-state index in [9.17, 15) is 9.59 Å². The molecule has 1 aromatic carbocycles. The molecular weight excluding hydrogens is 350 g/mol. The summed E-state index contributed by atoms with van der Waals surface area (Å²) < 4.78 is 0. The third-order valence-corrected chi connectivity index (χ3v) is 6.76. The van der Waals surface area contributed by atoms with Crippen LogP contribution in [0.5, 0.6) is 0 Å². The summed E-state index contributed by atoms with van der Waals surface area (Å²) in [4.78, 5) is 29.6. The third kappa shape index (κ3) is 4.57. The molecule has 3 aliphatic rings. The molecule has 2 saturated heterocycles. The molecule has 1 atom stereocenters. The predicted molar refractivity (Wildman–Crippen MR) is 110 cm³/mol. The number of likely N-dealkylation sites (tertiary alicyclic amines) is 2. The summed E-state index contributed by atoms with van der Waals surface area (Å²) in [5, 5.41) is 3.16. The maximum atomic E-state index is 12.7. The Bertz CT molecular complexity index is 708. The molecule has 0 radical (unpaired) electrons. The zero-order chi connectivity index (χ0) is 19.5. The minimum atomic E-state index is 0.0869. The van der Waals surface area contributed by atoms with Crippen molar-refractivity contribution in [3.63, 3.8) is 0 Å². The zero-order valence-electron chi connectivity index (χ0n) is 17.0. The molecule has 1 aromatic rings. The number of carbonyl (C=O) groups is 2. The van der Waals surface area contributed by atoms with Crippen LogP contribution in [0, 0.1) is 18.8 Å². The molecule has 5 heteroatoms. The van der Waals surface area contributed by atoms with Crippen LogP contribution in [-0.2, 0) is 16.1 Å². The van der Waals surface area contributed by atoms with Gasteiger partial charge in [0.1, 0.15) is 0 Å². The number of carbonyl (C=O) groups excluding carboxylic acids is 2. The summed E-state index contributed by atoms with van der Waals surface area (Å²) in [5.41, 5.74) is 2.41. The zero-order valence-corrected chi connectivity index (χ0v) is 17.0. The number of nitrogens with one attached hydrogen (secondary N) is 1. The topological polar surface area (TPSA) is 52.7 Å². The van der Waals surface area contributed by atoms with E-state index in [-0.39, 0.29) is 11.8 Å². The maximum absolute atomic E-state index is 12.7. The quantitative estimate of drug-likeness (QED) is 0.851. The summed E-state index contributed by atoms with van der Waals surface area (Å²) >= 11 is 0. The Hall–Kier alpha value is -1.88. The number of aryl methyl sites for hydroxylation is 1. The van der Waals surface area contributed by atoms with Crippen LogP contribution in [0.4, 0.5) is 0 Å². The average molecular weight is 384 g/mol. The first-order valence-corrected chi connectivity index (χ1v) is 11.0. The van der Waals surface area contributed by atoms with E-state index in [1.807, 2.05) is 12.1 Å². The highest BCUT2D eigenvalue weighted by Gasteiger charge is 2.37. The van der Waals surface area contributed by atoms with Crippen LogP contribution in [0.3, 0.4) is 0 Å². The highest BCUT2D eigenvalue weighted by Crippen LogP contribution is 2.32. The lowest BCUT2D eigenvalue weighted by molar-refractivity contribution is -0.134. The van der Waals surface area contributed by atoms with Gasteiger partial charge >= 0.3 is 0 Å². The van der Waals surface area contributed by atoms with Crippen molar-refractivity contribution in [2.45, 2.75) is 58.0 Å². The molecule has 3 fully saturated rings. The van der Waals surface area contributed by atoms with Gasteiger partial charge in [0.25, 0.3) is 0 Å². The van der Waals surface area contributed by atoms with Crippen molar-refractivity contribution < 1.29 is 9.59 Å². The maximum Gasteiger partial charge on any atom is 0.225 e. The fourth-order valence-electron chi connectivity index (χ4n) is 4.73. The van der Waals surface area contributed by atoms with Crippen molar-refractivity contribution in [3.8, 4) is 0 Å². The van der Waals surface area contributed by atoms with E-state index in [1.165, 1.54) is 11.1 Å². The van der Waals surface area contributed by atoms with Crippen LogP contribution < -0.4 is 5.32 Å². The summed E-state index contributed by atoms with van der Waals surface area (Å²) in [7, 11) is 0. The van der Waals surface area contributed by atoms with E-state index in [2.05, 4.69) is 34.2 Å². The second-order valence-electron chi connectivity index (χ2n) is 8.81. The van der Waals surface area contributed by atoms with Crippen LogP contribution >= 0.6 is 0 Å². The van der Waals surface area contributed by atoms with Crippen LogP contribution in [0.15, 0.2) is 24.3 Å². The van der Waals surface area contributed by atoms with E-state index in [0.29, 0.717) is 24.4 Å². The van der Waals surface area contributed by atoms with Gasteiger partial charge in [-0.25, -0.2) is 0 Å². The molecule has 2 heterocycles. The van der Waals surface area contributed by atoms with Crippen molar-refractivity contribution in [1.29, 1.82) is 0 Å². The van der Waals surface area contributed by atoms with Crippen molar-refractivity contribution in [3.05, 3.63) is 35.4 Å². The lowest BCUT2D eigenvalue weighted by Crippen LogP contribution is -2.51. The molecule has 4 rings (SSSR count). The molecule has 0 spiro atoms. The van der Waals surface area contributed by atoms with Crippen LogP contribution in [-0.4, -0.2) is 53.8 Å². The van der Waals surface area contributed by atoms with E-state index < -0.39 is 0 Å². The molecular formula is C23H33N3O2. The SMILES string of the molecule is Cc1ccccc1CNC(=O)C1CCCN(C2CCN(C(=O)C3CC3)CC2)C1. The summed E-state index contributed by atoms with van der Waals surface area (Å²) in [6.45, 7) is 6.43. The number of piperidine rings is 2. The summed E-state index contributed by atoms with van der Waals surface area (Å²) in [6, 6.07) is 8.75. The lowest BCUT2D eigenvalue weighted by atomic mass is 9.93. The van der Waals surface area contributed by atoms with Gasteiger partial charge in [0, 0.05) is 38.1 Å². The van der Waals surface area contributed by atoms with Crippen LogP contribution in [0.1, 0.15) is 49.7 Å². The number of hydrogen-bond donors (Lipinski definition) is 1. The van der Waals surface area contributed by atoms with Gasteiger partial charge in [-0.1, -0.05) is 24.3 Å². The molecule has 1 unspecified atom stereocenters. The van der Waals surface area contributed by atoms with E-state index in [1.54, 1.807) is 0 Å². The van der Waals surface area contributed by atoms with Crippen molar-refractivity contribution in [2.75, 3.05) is 26.2 Å². The highest BCUT2D eigenvalue weighted by molar-refractivity contribution is 5.81. The molecule has 1 aliphatic carbocycles. The van der Waals surface area contributed by atoms with Gasteiger partial charge in [0.15, 0.2) is 0 Å². The number of rotatable bonds is 5. The lowest BCUT2D eigenvalue weighted by Gasteiger charge is -2.42. The molecule has 0 bridgehead atoms. The Kier molecular flexibility index (Phi) is 6.00. The number of hydrogen-bond acceptors (Lipinski definition) is 3. The van der Waals surface area contributed by atoms with E-state index in [0.717, 1.165) is 64.7 Å². The molecule has 0 aromatic heterocycles. The average Bonchev–Trinajstić information content (AvgIpc) is 3.58. The second kappa shape index (κ2) is 8.64. The summed E-state index contributed by atoms with van der Waals surface area (Å²) in [6.07, 6.45) is 6.35. The van der Waals surface area contributed by atoms with Crippen molar-refractivity contribution >= 4 is 11.8 Å². The monoisotopic (exact) mass is 383 g/mol. The molecule has 1 N–H and O–H groups in total. The van der Waals surface area contributed by atoms with Crippen LogP contribution in [0.25, 0.3) is 0 Å². The number of benzene rings is 1. The van der Waals surface area contributed by atoms with Gasteiger partial charge in [0.2, 0.25) is 11.8 Å². The largest absolute Gasteiger partial charge is 0.352 e. The van der Waals surface area contributed by atoms with Crippen molar-refractivity contribution in [1.82, 2.24) is 15.1 Å². The van der Waals surface area contributed by atoms with E-state index >= 15 is 0 Å². The first-order chi connectivity index (χ1) is 13.6. The Balaban J connectivity index is 1.25. The van der Waals surface area contributed by atoms with Gasteiger partial charge in [-0.15, -0.1) is 0 Å². The normalized spacial score (nSPS) is 24.2. The van der Waals surface area contributed by atoms with Gasteiger partial charge in [0.05, 0.1) is 5.92 Å². The summed E-state index contributed by atoms with van der Waals surface area (Å²) in [5.74, 6) is 0.983. The fourth-order valence-corrected chi connectivity index (χ4v) is 4.73. The standard InChI is InChI=1S/C23H33N3O2/c1-17-5-2-3-6-19(17)15-24-22(27)20-7-4-12-26(16-20)21-10-13-25(14-11-21)23(28)18-8-9-18/h2-3,5-6,18,20-21H,4,7-16H2,1H3,(H,24,27). The molecule has 2 aliphatic heterocycles. The Morgan fingerprint density at radius 3 is 2.46 bits per heavy atom. The molecule has 1 saturated carbocycles. The van der Waals surface area contributed by atoms with E-state index in [4.69, 9.17) is 0 Å². The van der Waals surface area contributed by atoms with Crippen molar-refractivity contribution in [2.24, 2.45) is 11.8 Å². The number of amides is 2. The fraction of sp³-hybridized carbons (Fsp3) is 0.652. The van der Waals surface area contributed by atoms with Gasteiger partial charge in [-0.2, -0.15) is 0 Å². The van der Waals surface area contributed by atoms with Gasteiger partial charge in [-0.05, 0) is 63.1 Å². The highest BCUT2D eigenvalue weighted by atomic mass is 16.2. The smallest absolute Gasteiger partial charge is 0.225 e. The Morgan fingerprint density at radius 1 is 1.00 bits per heavy atom. The third-order valence-electron chi connectivity index (χ3n) is 6.76. The predicted octanol–water partition coefficient (Wildman–Crippen LogP) is 2.72. The first-order valence-electron chi connectivity index (χ1n) is 11.0. The van der Waals surface area contributed by atoms with Gasteiger partial charge < -0.3 is 10.2 Å².